The molecule has 1 rings (SSSR count). The van der Waals surface area contributed by atoms with Gasteiger partial charge < -0.3 is 0 Å². The molecule has 0 amide bonds. The number of hydrogen-bond acceptors (Lipinski definition) is 2. The fraction of sp³-hybridized carbons (Fsp3) is 0.455. The Kier molecular flexibility index (Phi) is 3.18. The Morgan fingerprint density at radius 3 is 2.77 bits per heavy atom. The van der Waals surface area contributed by atoms with Crippen LogP contribution < -0.4 is 0 Å². The summed E-state index contributed by atoms with van der Waals surface area (Å²) >= 11 is 0. The van der Waals surface area contributed by atoms with Crippen LogP contribution in [0.4, 0.5) is 0 Å². The number of rotatable bonds is 3. The maximum atomic E-state index is 4.46. The van der Waals surface area contributed by atoms with Crippen LogP contribution in [0.3, 0.4) is 0 Å². The second kappa shape index (κ2) is 4.17. The van der Waals surface area contributed by atoms with Gasteiger partial charge in [-0.15, -0.1) is 0 Å². The van der Waals surface area contributed by atoms with Gasteiger partial charge in [0.05, 0.1) is 11.2 Å². The van der Waals surface area contributed by atoms with E-state index >= 15 is 0 Å². The average molecular weight is 176 g/mol. The van der Waals surface area contributed by atoms with Crippen LogP contribution in [0.1, 0.15) is 32.9 Å². The van der Waals surface area contributed by atoms with Crippen LogP contribution in [0.25, 0.3) is 0 Å². The highest BCUT2D eigenvalue weighted by Gasteiger charge is 2.10. The van der Waals surface area contributed by atoms with Crippen LogP contribution in [-0.2, 0) is 0 Å². The van der Waals surface area contributed by atoms with E-state index < -0.39 is 0 Å². The molecule has 0 spiro atoms. The minimum absolute atomic E-state index is 0.0253. The molecule has 0 fully saturated rings. The highest BCUT2D eigenvalue weighted by Crippen LogP contribution is 2.12. The Labute approximate surface area is 79.7 Å². The van der Waals surface area contributed by atoms with Gasteiger partial charge >= 0.3 is 0 Å². The number of aliphatic imine (C=N–C) groups is 1. The lowest BCUT2D eigenvalue weighted by molar-refractivity contribution is 0.507. The van der Waals surface area contributed by atoms with E-state index in [0.717, 1.165) is 12.1 Å². The van der Waals surface area contributed by atoms with Crippen molar-refractivity contribution >= 4 is 6.21 Å². The molecule has 0 aliphatic rings. The highest BCUT2D eigenvalue weighted by atomic mass is 14.8. The predicted octanol–water partition coefficient (Wildman–Crippen LogP) is 2.69. The Hall–Kier alpha value is -1.18. The van der Waals surface area contributed by atoms with Crippen molar-refractivity contribution in [2.24, 2.45) is 4.99 Å². The molecular weight excluding hydrogens is 160 g/mol. The molecule has 2 heteroatoms. The molecule has 0 aromatic carbocycles. The molecule has 0 saturated heterocycles. The van der Waals surface area contributed by atoms with Crippen LogP contribution in [0, 0.1) is 0 Å². The minimum atomic E-state index is 0.0253. The summed E-state index contributed by atoms with van der Waals surface area (Å²) in [7, 11) is 0. The summed E-state index contributed by atoms with van der Waals surface area (Å²) in [4.78, 5) is 8.62. The quantitative estimate of drug-likeness (QED) is 0.650. The fourth-order valence-corrected chi connectivity index (χ4v) is 0.784. The van der Waals surface area contributed by atoms with Crippen molar-refractivity contribution < 1.29 is 0 Å². The van der Waals surface area contributed by atoms with Gasteiger partial charge in [0.15, 0.2) is 0 Å². The summed E-state index contributed by atoms with van der Waals surface area (Å²) in [5.74, 6) is 0. The number of pyridine rings is 1. The topological polar surface area (TPSA) is 25.2 Å². The zero-order valence-corrected chi connectivity index (χ0v) is 8.49. The standard InChI is InChI=1S/C11H16N2/c1-4-11(2,3)13-9-10-7-5-6-8-12-10/h5-9H,4H2,1-3H3. The molecular formula is C11H16N2. The fourth-order valence-electron chi connectivity index (χ4n) is 0.784. The van der Waals surface area contributed by atoms with Crippen LogP contribution in [0.2, 0.25) is 0 Å². The molecule has 1 heterocycles. The molecule has 0 saturated carbocycles. The molecule has 0 aliphatic carbocycles. The Morgan fingerprint density at radius 1 is 1.46 bits per heavy atom. The van der Waals surface area contributed by atoms with E-state index in [4.69, 9.17) is 0 Å². The third kappa shape index (κ3) is 3.36. The van der Waals surface area contributed by atoms with Gasteiger partial charge in [0.25, 0.3) is 0 Å². The Bertz CT molecular complexity index is 275. The predicted molar refractivity (Wildman–Crippen MR) is 56.2 cm³/mol. The van der Waals surface area contributed by atoms with Gasteiger partial charge in [-0.25, -0.2) is 0 Å². The first-order chi connectivity index (χ1) is 6.14. The van der Waals surface area contributed by atoms with Crippen molar-refractivity contribution in [3.05, 3.63) is 30.1 Å². The largest absolute Gasteiger partial charge is 0.285 e. The third-order valence-electron chi connectivity index (χ3n) is 2.10. The van der Waals surface area contributed by atoms with Crippen LogP contribution >= 0.6 is 0 Å². The van der Waals surface area contributed by atoms with Crippen molar-refractivity contribution in [3.63, 3.8) is 0 Å². The lowest BCUT2D eigenvalue weighted by Gasteiger charge is -2.15. The van der Waals surface area contributed by atoms with E-state index in [9.17, 15) is 0 Å². The second-order valence-corrected chi connectivity index (χ2v) is 3.68. The second-order valence-electron chi connectivity index (χ2n) is 3.68. The van der Waals surface area contributed by atoms with E-state index in [1.165, 1.54) is 0 Å². The summed E-state index contributed by atoms with van der Waals surface area (Å²) in [6.07, 6.45) is 4.65. The first kappa shape index (κ1) is 9.90. The van der Waals surface area contributed by atoms with Gasteiger partial charge in [-0.05, 0) is 32.4 Å². The monoisotopic (exact) mass is 176 g/mol. The lowest BCUT2D eigenvalue weighted by atomic mass is 10.0. The number of hydrogen-bond donors (Lipinski definition) is 0. The van der Waals surface area contributed by atoms with Crippen LogP contribution in [0.5, 0.6) is 0 Å². The number of aromatic nitrogens is 1. The van der Waals surface area contributed by atoms with E-state index in [0.29, 0.717) is 0 Å². The minimum Gasteiger partial charge on any atom is -0.285 e. The molecule has 1 aromatic rings. The zero-order chi connectivity index (χ0) is 9.73. The molecule has 0 aliphatic heterocycles. The maximum Gasteiger partial charge on any atom is 0.0808 e. The van der Waals surface area contributed by atoms with Crippen molar-refractivity contribution in [3.8, 4) is 0 Å². The first-order valence-electron chi connectivity index (χ1n) is 4.60. The summed E-state index contributed by atoms with van der Waals surface area (Å²) in [6, 6.07) is 5.82. The molecule has 0 radical (unpaired) electrons. The van der Waals surface area contributed by atoms with Crippen LogP contribution in [0.15, 0.2) is 29.4 Å². The summed E-state index contributed by atoms with van der Waals surface area (Å²) in [6.45, 7) is 6.37. The van der Waals surface area contributed by atoms with Gasteiger partial charge in [-0.1, -0.05) is 13.0 Å². The van der Waals surface area contributed by atoms with Gasteiger partial charge in [0, 0.05) is 12.4 Å². The molecule has 0 N–H and O–H groups in total. The Morgan fingerprint density at radius 2 is 2.23 bits per heavy atom. The number of nitrogens with zero attached hydrogens (tertiary/aromatic N) is 2. The normalized spacial score (nSPS) is 12.2. The van der Waals surface area contributed by atoms with Crippen molar-refractivity contribution in [2.45, 2.75) is 32.7 Å². The molecule has 1 aromatic heterocycles. The highest BCUT2D eigenvalue weighted by molar-refractivity contribution is 5.77. The molecule has 0 atom stereocenters. The van der Waals surface area contributed by atoms with Gasteiger partial charge in [0.1, 0.15) is 0 Å². The maximum absolute atomic E-state index is 4.46. The molecule has 2 nitrogen and oxygen atoms in total. The summed E-state index contributed by atoms with van der Waals surface area (Å²) in [5, 5.41) is 0. The SMILES string of the molecule is CCC(C)(C)N=Cc1ccccn1. The Balaban J connectivity index is 2.69. The van der Waals surface area contributed by atoms with Gasteiger partial charge in [0.2, 0.25) is 0 Å². The van der Waals surface area contributed by atoms with Crippen molar-refractivity contribution in [1.29, 1.82) is 0 Å². The van der Waals surface area contributed by atoms with Crippen LogP contribution in [-0.4, -0.2) is 16.7 Å². The molecule has 0 unspecified atom stereocenters. The average Bonchev–Trinajstić information content (AvgIpc) is 2.17. The smallest absolute Gasteiger partial charge is 0.0808 e. The molecule has 13 heavy (non-hydrogen) atoms. The lowest BCUT2D eigenvalue weighted by Crippen LogP contribution is -2.14. The van der Waals surface area contributed by atoms with Crippen molar-refractivity contribution in [2.75, 3.05) is 0 Å². The zero-order valence-electron chi connectivity index (χ0n) is 8.49. The third-order valence-corrected chi connectivity index (χ3v) is 2.10. The molecule has 0 bridgehead atoms. The van der Waals surface area contributed by atoms with Crippen molar-refractivity contribution in [1.82, 2.24) is 4.98 Å². The van der Waals surface area contributed by atoms with E-state index in [-0.39, 0.29) is 5.54 Å². The van der Waals surface area contributed by atoms with Gasteiger partial charge in [-0.3, -0.25) is 9.98 Å². The van der Waals surface area contributed by atoms with E-state index in [1.807, 2.05) is 24.4 Å². The van der Waals surface area contributed by atoms with Gasteiger partial charge in [-0.2, -0.15) is 0 Å². The summed E-state index contributed by atoms with van der Waals surface area (Å²) < 4.78 is 0. The first-order valence-corrected chi connectivity index (χ1v) is 4.60. The molecule has 70 valence electrons. The van der Waals surface area contributed by atoms with E-state index in [2.05, 4.69) is 30.7 Å². The summed E-state index contributed by atoms with van der Waals surface area (Å²) in [5.41, 5.74) is 0.946. The van der Waals surface area contributed by atoms with E-state index in [1.54, 1.807) is 6.20 Å².